The Morgan fingerprint density at radius 2 is 1.69 bits per heavy atom. The number of rotatable bonds is 2. The number of hydrogen-bond acceptors (Lipinski definition) is 2. The first-order valence-electron chi connectivity index (χ1n) is 4.58. The van der Waals surface area contributed by atoms with Gasteiger partial charge < -0.3 is 9.84 Å². The molecule has 0 aliphatic carbocycles. The van der Waals surface area contributed by atoms with Gasteiger partial charge in [-0.2, -0.15) is 0 Å². The standard InChI is InChI=1S/C12H8Cl2O2/c13-9-6-5-8(7-10(9)14)16-12-4-2-1-3-11(12)15/h1-7,15H. The molecule has 0 heterocycles. The average molecular weight is 255 g/mol. The Kier molecular flexibility index (Phi) is 3.22. The molecule has 16 heavy (non-hydrogen) atoms. The average Bonchev–Trinajstić information content (AvgIpc) is 2.27. The van der Waals surface area contributed by atoms with Gasteiger partial charge in [-0.05, 0) is 24.3 Å². The highest BCUT2D eigenvalue weighted by Gasteiger charge is 2.04. The van der Waals surface area contributed by atoms with Gasteiger partial charge in [0.25, 0.3) is 0 Å². The van der Waals surface area contributed by atoms with Crippen molar-refractivity contribution in [2.45, 2.75) is 0 Å². The monoisotopic (exact) mass is 254 g/mol. The van der Waals surface area contributed by atoms with E-state index in [2.05, 4.69) is 0 Å². The van der Waals surface area contributed by atoms with Crippen LogP contribution in [0.4, 0.5) is 0 Å². The maximum absolute atomic E-state index is 9.51. The summed E-state index contributed by atoms with van der Waals surface area (Å²) in [5.41, 5.74) is 0. The van der Waals surface area contributed by atoms with E-state index in [-0.39, 0.29) is 5.75 Å². The molecule has 0 aliphatic rings. The quantitative estimate of drug-likeness (QED) is 0.856. The SMILES string of the molecule is Oc1ccccc1Oc1ccc(Cl)c(Cl)c1. The highest BCUT2D eigenvalue weighted by molar-refractivity contribution is 6.42. The predicted octanol–water partition coefficient (Wildman–Crippen LogP) is 4.49. The molecule has 2 aromatic carbocycles. The van der Waals surface area contributed by atoms with Crippen molar-refractivity contribution in [3.8, 4) is 17.2 Å². The lowest BCUT2D eigenvalue weighted by Gasteiger charge is -2.07. The van der Waals surface area contributed by atoms with Crippen LogP contribution in [-0.4, -0.2) is 5.11 Å². The van der Waals surface area contributed by atoms with Crippen LogP contribution in [0.2, 0.25) is 10.0 Å². The second-order valence-electron chi connectivity index (χ2n) is 3.15. The molecule has 0 fully saturated rings. The zero-order valence-electron chi connectivity index (χ0n) is 8.15. The molecule has 4 heteroatoms. The van der Waals surface area contributed by atoms with Crippen molar-refractivity contribution in [1.82, 2.24) is 0 Å². The first-order chi connectivity index (χ1) is 7.66. The Morgan fingerprint density at radius 1 is 0.938 bits per heavy atom. The second kappa shape index (κ2) is 4.64. The van der Waals surface area contributed by atoms with Gasteiger partial charge in [-0.1, -0.05) is 35.3 Å². The van der Waals surface area contributed by atoms with Crippen molar-refractivity contribution in [3.05, 3.63) is 52.5 Å². The molecule has 0 aromatic heterocycles. The Balaban J connectivity index is 2.28. The zero-order valence-corrected chi connectivity index (χ0v) is 9.66. The summed E-state index contributed by atoms with van der Waals surface area (Å²) in [5.74, 6) is 0.977. The summed E-state index contributed by atoms with van der Waals surface area (Å²) in [5, 5.41) is 10.4. The third-order valence-electron chi connectivity index (χ3n) is 1.98. The maximum atomic E-state index is 9.51. The first kappa shape index (κ1) is 11.1. The fraction of sp³-hybridized carbons (Fsp3) is 0. The summed E-state index contributed by atoms with van der Waals surface area (Å²) in [6, 6.07) is 11.6. The van der Waals surface area contributed by atoms with Gasteiger partial charge in [0, 0.05) is 6.07 Å². The third-order valence-corrected chi connectivity index (χ3v) is 2.72. The Morgan fingerprint density at radius 3 is 2.38 bits per heavy atom. The van der Waals surface area contributed by atoms with E-state index in [0.29, 0.717) is 21.5 Å². The summed E-state index contributed by atoms with van der Waals surface area (Å²) in [4.78, 5) is 0. The van der Waals surface area contributed by atoms with Crippen LogP contribution in [-0.2, 0) is 0 Å². The minimum absolute atomic E-state index is 0.0774. The van der Waals surface area contributed by atoms with E-state index in [0.717, 1.165) is 0 Å². The molecule has 0 amide bonds. The number of para-hydroxylation sites is 2. The van der Waals surface area contributed by atoms with Crippen LogP contribution in [0.15, 0.2) is 42.5 Å². The maximum Gasteiger partial charge on any atom is 0.169 e. The van der Waals surface area contributed by atoms with Crippen molar-refractivity contribution in [1.29, 1.82) is 0 Å². The molecule has 0 aliphatic heterocycles. The van der Waals surface area contributed by atoms with Gasteiger partial charge in [0.15, 0.2) is 11.5 Å². The Bertz CT molecular complexity index is 512. The number of phenolic OH excluding ortho intramolecular Hbond substituents is 1. The molecule has 1 N–H and O–H groups in total. The van der Waals surface area contributed by atoms with Gasteiger partial charge in [0.05, 0.1) is 10.0 Å². The lowest BCUT2D eigenvalue weighted by Crippen LogP contribution is -1.84. The molecule has 2 aromatic rings. The number of halogens is 2. The largest absolute Gasteiger partial charge is 0.504 e. The Labute approximate surface area is 103 Å². The van der Waals surface area contributed by atoms with Gasteiger partial charge in [0.1, 0.15) is 5.75 Å². The van der Waals surface area contributed by atoms with Crippen LogP contribution in [0.25, 0.3) is 0 Å². The molecule has 0 spiro atoms. The number of phenols is 1. The van der Waals surface area contributed by atoms with E-state index in [4.69, 9.17) is 27.9 Å². The topological polar surface area (TPSA) is 29.5 Å². The number of aromatic hydroxyl groups is 1. The molecule has 82 valence electrons. The van der Waals surface area contributed by atoms with E-state index < -0.39 is 0 Å². The fourth-order valence-electron chi connectivity index (χ4n) is 1.21. The zero-order chi connectivity index (χ0) is 11.5. The summed E-state index contributed by atoms with van der Waals surface area (Å²) in [6.45, 7) is 0. The molecule has 0 atom stereocenters. The molecule has 0 bridgehead atoms. The minimum atomic E-state index is 0.0774. The smallest absolute Gasteiger partial charge is 0.169 e. The molecule has 0 unspecified atom stereocenters. The fourth-order valence-corrected chi connectivity index (χ4v) is 1.50. The van der Waals surface area contributed by atoms with E-state index >= 15 is 0 Å². The van der Waals surface area contributed by atoms with Crippen LogP contribution in [0.3, 0.4) is 0 Å². The van der Waals surface area contributed by atoms with Gasteiger partial charge in [-0.15, -0.1) is 0 Å². The normalized spacial score (nSPS) is 10.1. The molecule has 0 saturated heterocycles. The van der Waals surface area contributed by atoms with Crippen molar-refractivity contribution in [2.75, 3.05) is 0 Å². The molecule has 2 nitrogen and oxygen atoms in total. The summed E-state index contributed by atoms with van der Waals surface area (Å²) >= 11 is 11.6. The molecular formula is C12H8Cl2O2. The first-order valence-corrected chi connectivity index (χ1v) is 5.33. The molecule has 0 saturated carbocycles. The Hall–Kier alpha value is -1.38. The summed E-state index contributed by atoms with van der Waals surface area (Å²) in [7, 11) is 0. The van der Waals surface area contributed by atoms with Gasteiger partial charge in [0.2, 0.25) is 0 Å². The lowest BCUT2D eigenvalue weighted by atomic mass is 10.3. The number of benzene rings is 2. The second-order valence-corrected chi connectivity index (χ2v) is 3.96. The van der Waals surface area contributed by atoms with Crippen molar-refractivity contribution in [3.63, 3.8) is 0 Å². The van der Waals surface area contributed by atoms with Crippen LogP contribution in [0.5, 0.6) is 17.2 Å². The lowest BCUT2D eigenvalue weighted by molar-refractivity contribution is 0.411. The van der Waals surface area contributed by atoms with Crippen LogP contribution in [0.1, 0.15) is 0 Å². The van der Waals surface area contributed by atoms with Gasteiger partial charge >= 0.3 is 0 Å². The summed E-state index contributed by atoms with van der Waals surface area (Å²) < 4.78 is 5.45. The van der Waals surface area contributed by atoms with Crippen LogP contribution >= 0.6 is 23.2 Å². The van der Waals surface area contributed by atoms with E-state index in [1.165, 1.54) is 0 Å². The molecule has 0 radical (unpaired) electrons. The van der Waals surface area contributed by atoms with Crippen LogP contribution in [0, 0.1) is 0 Å². The highest BCUT2D eigenvalue weighted by Crippen LogP contribution is 2.33. The van der Waals surface area contributed by atoms with Crippen molar-refractivity contribution >= 4 is 23.2 Å². The number of ether oxygens (including phenoxy) is 1. The van der Waals surface area contributed by atoms with Crippen molar-refractivity contribution < 1.29 is 9.84 Å². The third kappa shape index (κ3) is 2.40. The van der Waals surface area contributed by atoms with E-state index in [1.807, 2.05) is 0 Å². The van der Waals surface area contributed by atoms with Gasteiger partial charge in [-0.3, -0.25) is 0 Å². The van der Waals surface area contributed by atoms with E-state index in [1.54, 1.807) is 42.5 Å². The molecule has 2 rings (SSSR count). The minimum Gasteiger partial charge on any atom is -0.504 e. The van der Waals surface area contributed by atoms with Gasteiger partial charge in [-0.25, -0.2) is 0 Å². The van der Waals surface area contributed by atoms with Crippen molar-refractivity contribution in [2.24, 2.45) is 0 Å². The number of hydrogen-bond donors (Lipinski definition) is 1. The highest BCUT2D eigenvalue weighted by atomic mass is 35.5. The predicted molar refractivity (Wildman–Crippen MR) is 64.6 cm³/mol. The van der Waals surface area contributed by atoms with E-state index in [9.17, 15) is 5.11 Å². The summed E-state index contributed by atoms with van der Waals surface area (Å²) in [6.07, 6.45) is 0. The van der Waals surface area contributed by atoms with Crippen LogP contribution < -0.4 is 4.74 Å². The molecular weight excluding hydrogens is 247 g/mol.